The highest BCUT2D eigenvalue weighted by atomic mass is 16.3. The van der Waals surface area contributed by atoms with Crippen LogP contribution in [0.3, 0.4) is 0 Å². The highest BCUT2D eigenvalue weighted by Crippen LogP contribution is 2.39. The summed E-state index contributed by atoms with van der Waals surface area (Å²) in [6.45, 7) is 5.95. The summed E-state index contributed by atoms with van der Waals surface area (Å²) < 4.78 is 0. The lowest BCUT2D eigenvalue weighted by atomic mass is 9.77. The van der Waals surface area contributed by atoms with Gasteiger partial charge in [0.25, 0.3) is 0 Å². The largest absolute Gasteiger partial charge is 0.384 e. The molecule has 1 aromatic heterocycles. The Morgan fingerprint density at radius 3 is 2.36 bits per heavy atom. The molecule has 78 valence electrons. The number of hydrogen-bond donors (Lipinski definition) is 1. The average molecular weight is 193 g/mol. The number of nitrogens with zero attached hydrogens (tertiary/aromatic N) is 1. The van der Waals surface area contributed by atoms with Crippen LogP contribution in [0.1, 0.15) is 44.5 Å². The van der Waals surface area contributed by atoms with Crippen LogP contribution in [0.2, 0.25) is 0 Å². The standard InChI is InChI=1S/C10H13NO.C2H6/c1-8-4-2-5-9(11-8)10(12)6-3-7-10;1-2/h2,4-5,12H,3,6-7H2,1H3;1-2H3. The Morgan fingerprint density at radius 1 is 1.29 bits per heavy atom. The van der Waals surface area contributed by atoms with Crippen LogP contribution < -0.4 is 0 Å². The van der Waals surface area contributed by atoms with Gasteiger partial charge in [0.15, 0.2) is 0 Å². The van der Waals surface area contributed by atoms with Crippen molar-refractivity contribution in [3.63, 3.8) is 0 Å². The minimum absolute atomic E-state index is 0.605. The van der Waals surface area contributed by atoms with Crippen molar-refractivity contribution in [1.29, 1.82) is 0 Å². The van der Waals surface area contributed by atoms with E-state index in [1.807, 2.05) is 39.0 Å². The summed E-state index contributed by atoms with van der Waals surface area (Å²) >= 11 is 0. The van der Waals surface area contributed by atoms with Crippen LogP contribution in [-0.2, 0) is 5.60 Å². The molecule has 1 aliphatic rings. The number of rotatable bonds is 1. The minimum Gasteiger partial charge on any atom is -0.384 e. The Bertz CT molecular complexity index is 292. The van der Waals surface area contributed by atoms with Crippen LogP contribution in [0.4, 0.5) is 0 Å². The van der Waals surface area contributed by atoms with E-state index in [4.69, 9.17) is 0 Å². The van der Waals surface area contributed by atoms with Crippen molar-refractivity contribution >= 4 is 0 Å². The second kappa shape index (κ2) is 4.56. The molecule has 1 aromatic rings. The lowest BCUT2D eigenvalue weighted by molar-refractivity contribution is -0.0427. The normalized spacial score (nSPS) is 17.7. The topological polar surface area (TPSA) is 33.1 Å². The van der Waals surface area contributed by atoms with Gasteiger partial charge < -0.3 is 5.11 Å². The van der Waals surface area contributed by atoms with Crippen molar-refractivity contribution in [3.05, 3.63) is 29.6 Å². The van der Waals surface area contributed by atoms with Gasteiger partial charge in [-0.25, -0.2) is 0 Å². The van der Waals surface area contributed by atoms with E-state index in [0.717, 1.165) is 30.7 Å². The van der Waals surface area contributed by atoms with E-state index in [1.54, 1.807) is 0 Å². The molecule has 14 heavy (non-hydrogen) atoms. The molecular weight excluding hydrogens is 174 g/mol. The third-order valence-corrected chi connectivity index (χ3v) is 2.55. The number of hydrogen-bond acceptors (Lipinski definition) is 2. The Morgan fingerprint density at radius 2 is 1.93 bits per heavy atom. The number of aromatic nitrogens is 1. The van der Waals surface area contributed by atoms with Crippen LogP contribution in [-0.4, -0.2) is 10.1 Å². The Balaban J connectivity index is 0.000000461. The summed E-state index contributed by atoms with van der Waals surface area (Å²) in [6, 6.07) is 5.81. The lowest BCUT2D eigenvalue weighted by Gasteiger charge is -2.35. The number of aliphatic hydroxyl groups is 1. The maximum Gasteiger partial charge on any atom is 0.106 e. The Labute approximate surface area is 86.0 Å². The van der Waals surface area contributed by atoms with Crippen molar-refractivity contribution in [3.8, 4) is 0 Å². The van der Waals surface area contributed by atoms with Crippen LogP contribution in [0.25, 0.3) is 0 Å². The first-order valence-corrected chi connectivity index (χ1v) is 5.37. The van der Waals surface area contributed by atoms with Crippen molar-refractivity contribution < 1.29 is 5.11 Å². The molecule has 1 N–H and O–H groups in total. The van der Waals surface area contributed by atoms with Gasteiger partial charge in [-0.05, 0) is 38.3 Å². The molecule has 0 amide bonds. The van der Waals surface area contributed by atoms with Gasteiger partial charge in [-0.15, -0.1) is 0 Å². The lowest BCUT2D eigenvalue weighted by Crippen LogP contribution is -2.34. The van der Waals surface area contributed by atoms with Gasteiger partial charge in [-0.2, -0.15) is 0 Å². The van der Waals surface area contributed by atoms with Crippen LogP contribution in [0.5, 0.6) is 0 Å². The van der Waals surface area contributed by atoms with E-state index < -0.39 is 5.60 Å². The Hall–Kier alpha value is -0.890. The van der Waals surface area contributed by atoms with Gasteiger partial charge in [-0.1, -0.05) is 19.9 Å². The first-order chi connectivity index (χ1) is 6.71. The predicted molar refractivity (Wildman–Crippen MR) is 58.1 cm³/mol. The fourth-order valence-electron chi connectivity index (χ4n) is 1.57. The molecular formula is C12H19NO. The van der Waals surface area contributed by atoms with Gasteiger partial charge in [0.1, 0.15) is 5.60 Å². The third-order valence-electron chi connectivity index (χ3n) is 2.55. The highest BCUT2D eigenvalue weighted by Gasteiger charge is 2.37. The van der Waals surface area contributed by atoms with Crippen LogP contribution >= 0.6 is 0 Å². The van der Waals surface area contributed by atoms with E-state index in [-0.39, 0.29) is 0 Å². The molecule has 2 nitrogen and oxygen atoms in total. The van der Waals surface area contributed by atoms with Gasteiger partial charge in [0, 0.05) is 5.69 Å². The monoisotopic (exact) mass is 193 g/mol. The molecule has 0 radical (unpaired) electrons. The molecule has 0 saturated heterocycles. The summed E-state index contributed by atoms with van der Waals surface area (Å²) in [5.74, 6) is 0. The van der Waals surface area contributed by atoms with E-state index >= 15 is 0 Å². The fourth-order valence-corrected chi connectivity index (χ4v) is 1.57. The second-order valence-corrected chi connectivity index (χ2v) is 3.55. The van der Waals surface area contributed by atoms with Gasteiger partial charge in [0.05, 0.1) is 5.69 Å². The Kier molecular flexibility index (Phi) is 3.64. The summed E-state index contributed by atoms with van der Waals surface area (Å²) in [6.07, 6.45) is 2.85. The summed E-state index contributed by atoms with van der Waals surface area (Å²) in [7, 11) is 0. The SMILES string of the molecule is CC.Cc1cccc(C2(O)CCC2)n1. The van der Waals surface area contributed by atoms with Gasteiger partial charge in [-0.3, -0.25) is 4.98 Å². The third kappa shape index (κ3) is 2.13. The second-order valence-electron chi connectivity index (χ2n) is 3.55. The van der Waals surface area contributed by atoms with Crippen molar-refractivity contribution in [2.45, 2.75) is 45.6 Å². The summed E-state index contributed by atoms with van der Waals surface area (Å²) in [5.41, 5.74) is 1.22. The molecule has 1 saturated carbocycles. The number of pyridine rings is 1. The molecule has 0 aromatic carbocycles. The summed E-state index contributed by atoms with van der Waals surface area (Å²) in [5, 5.41) is 9.94. The highest BCUT2D eigenvalue weighted by molar-refractivity contribution is 5.18. The molecule has 0 spiro atoms. The molecule has 0 unspecified atom stereocenters. The van der Waals surface area contributed by atoms with E-state index in [1.165, 1.54) is 0 Å². The minimum atomic E-state index is -0.605. The molecule has 0 bridgehead atoms. The molecule has 2 rings (SSSR count). The van der Waals surface area contributed by atoms with Crippen LogP contribution in [0, 0.1) is 6.92 Å². The van der Waals surface area contributed by atoms with E-state index in [9.17, 15) is 5.11 Å². The molecule has 0 aliphatic heterocycles. The van der Waals surface area contributed by atoms with Crippen molar-refractivity contribution in [2.75, 3.05) is 0 Å². The molecule has 2 heteroatoms. The first kappa shape index (κ1) is 11.2. The maximum absolute atomic E-state index is 9.94. The van der Waals surface area contributed by atoms with Gasteiger partial charge in [0.2, 0.25) is 0 Å². The maximum atomic E-state index is 9.94. The molecule has 1 heterocycles. The quantitative estimate of drug-likeness (QED) is 0.744. The molecule has 0 atom stereocenters. The van der Waals surface area contributed by atoms with E-state index in [0.29, 0.717) is 0 Å². The zero-order chi connectivity index (χ0) is 10.6. The molecule has 1 aliphatic carbocycles. The van der Waals surface area contributed by atoms with Gasteiger partial charge >= 0.3 is 0 Å². The number of aryl methyl sites for hydroxylation is 1. The zero-order valence-corrected chi connectivity index (χ0v) is 9.25. The van der Waals surface area contributed by atoms with Crippen LogP contribution in [0.15, 0.2) is 18.2 Å². The van der Waals surface area contributed by atoms with Crippen molar-refractivity contribution in [2.24, 2.45) is 0 Å². The first-order valence-electron chi connectivity index (χ1n) is 5.37. The van der Waals surface area contributed by atoms with E-state index in [2.05, 4.69) is 4.98 Å². The average Bonchev–Trinajstić information content (AvgIpc) is 2.17. The van der Waals surface area contributed by atoms with Crippen molar-refractivity contribution in [1.82, 2.24) is 4.98 Å². The predicted octanol–water partition coefficient (Wildman–Crippen LogP) is 2.79. The summed E-state index contributed by atoms with van der Waals surface area (Å²) in [4.78, 5) is 4.32. The molecule has 1 fully saturated rings. The smallest absolute Gasteiger partial charge is 0.106 e. The fraction of sp³-hybridized carbons (Fsp3) is 0.583. The zero-order valence-electron chi connectivity index (χ0n) is 9.25.